The maximum Gasteiger partial charge on any atom is 0.264 e. The Hall–Kier alpha value is -1.79. The smallest absolute Gasteiger partial charge is 0.264 e. The van der Waals surface area contributed by atoms with Gasteiger partial charge in [0, 0.05) is 5.69 Å². The second-order valence-electron chi connectivity index (χ2n) is 4.18. The van der Waals surface area contributed by atoms with Crippen LogP contribution in [0.3, 0.4) is 0 Å². The van der Waals surface area contributed by atoms with Crippen LogP contribution in [-0.4, -0.2) is 8.42 Å². The summed E-state index contributed by atoms with van der Waals surface area (Å²) in [6.45, 7) is 1.67. The van der Waals surface area contributed by atoms with Gasteiger partial charge in [0.2, 0.25) is 0 Å². The lowest BCUT2D eigenvalue weighted by Crippen LogP contribution is -2.15. The van der Waals surface area contributed by atoms with Crippen molar-refractivity contribution in [1.82, 2.24) is 0 Å². The second-order valence-corrected chi connectivity index (χ2v) is 6.24. The van der Waals surface area contributed by atoms with Crippen LogP contribution in [-0.2, 0) is 10.0 Å². The third-order valence-corrected chi connectivity index (χ3v) is 4.50. The molecule has 0 saturated heterocycles. The van der Waals surface area contributed by atoms with Crippen LogP contribution < -0.4 is 10.5 Å². The van der Waals surface area contributed by atoms with Gasteiger partial charge in [0.25, 0.3) is 10.0 Å². The van der Waals surface area contributed by atoms with E-state index in [0.717, 1.165) is 6.07 Å². The third-order valence-electron chi connectivity index (χ3n) is 2.83. The standard InChI is InChI=1S/C13H12ClFN2O2S/c1-8-10(16)5-3-6-11(8)17-20(18,19)12-7-2-4-9(14)13(12)15/h2-7,17H,16H2,1H3. The van der Waals surface area contributed by atoms with Crippen LogP contribution in [0.5, 0.6) is 0 Å². The van der Waals surface area contributed by atoms with Gasteiger partial charge in [-0.15, -0.1) is 0 Å². The van der Waals surface area contributed by atoms with Crippen LogP contribution in [0.1, 0.15) is 5.56 Å². The van der Waals surface area contributed by atoms with Crippen molar-refractivity contribution in [3.05, 3.63) is 52.8 Å². The summed E-state index contributed by atoms with van der Waals surface area (Å²) < 4.78 is 40.5. The summed E-state index contributed by atoms with van der Waals surface area (Å²) in [5.41, 5.74) is 7.01. The molecule has 0 aliphatic carbocycles. The highest BCUT2D eigenvalue weighted by molar-refractivity contribution is 7.92. The highest BCUT2D eigenvalue weighted by Gasteiger charge is 2.21. The quantitative estimate of drug-likeness (QED) is 0.855. The number of benzene rings is 2. The number of nitrogens with one attached hydrogen (secondary N) is 1. The predicted molar refractivity (Wildman–Crippen MR) is 77.8 cm³/mol. The van der Waals surface area contributed by atoms with Gasteiger partial charge in [0.1, 0.15) is 4.90 Å². The van der Waals surface area contributed by atoms with Crippen molar-refractivity contribution in [1.29, 1.82) is 0 Å². The van der Waals surface area contributed by atoms with Crippen molar-refractivity contribution >= 4 is 33.0 Å². The molecule has 0 aromatic heterocycles. The molecule has 20 heavy (non-hydrogen) atoms. The molecule has 7 heteroatoms. The average Bonchev–Trinajstić information content (AvgIpc) is 2.38. The van der Waals surface area contributed by atoms with Crippen molar-refractivity contribution < 1.29 is 12.8 Å². The second kappa shape index (κ2) is 5.30. The van der Waals surface area contributed by atoms with Gasteiger partial charge < -0.3 is 5.73 Å². The number of hydrogen-bond donors (Lipinski definition) is 2. The van der Waals surface area contributed by atoms with E-state index in [1.165, 1.54) is 12.1 Å². The summed E-state index contributed by atoms with van der Waals surface area (Å²) in [5, 5.41) is -0.253. The number of rotatable bonds is 3. The molecule has 0 amide bonds. The van der Waals surface area contributed by atoms with Gasteiger partial charge in [-0.3, -0.25) is 4.72 Å². The number of halogens is 2. The Labute approximate surface area is 121 Å². The molecule has 0 radical (unpaired) electrons. The molecule has 0 unspecified atom stereocenters. The molecule has 2 aromatic carbocycles. The minimum absolute atomic E-state index is 0.253. The van der Waals surface area contributed by atoms with E-state index in [0.29, 0.717) is 16.9 Å². The molecular formula is C13H12ClFN2O2S. The SMILES string of the molecule is Cc1c(N)cccc1NS(=O)(=O)c1cccc(Cl)c1F. The van der Waals surface area contributed by atoms with Crippen LogP contribution in [0, 0.1) is 12.7 Å². The fourth-order valence-corrected chi connectivity index (χ4v) is 3.11. The molecule has 0 aliphatic heterocycles. The Morgan fingerprint density at radius 2 is 1.85 bits per heavy atom. The zero-order chi connectivity index (χ0) is 14.9. The van der Waals surface area contributed by atoms with E-state index >= 15 is 0 Å². The molecule has 0 atom stereocenters. The summed E-state index contributed by atoms with van der Waals surface area (Å²) in [5.74, 6) is -0.983. The van der Waals surface area contributed by atoms with E-state index in [1.54, 1.807) is 25.1 Å². The molecule has 3 N–H and O–H groups in total. The Morgan fingerprint density at radius 3 is 2.55 bits per heavy atom. The number of nitrogens with two attached hydrogens (primary N) is 1. The number of anilines is 2. The maximum absolute atomic E-state index is 13.8. The van der Waals surface area contributed by atoms with E-state index in [1.807, 2.05) is 0 Å². The molecule has 0 heterocycles. The first-order valence-electron chi connectivity index (χ1n) is 5.65. The molecule has 0 bridgehead atoms. The van der Waals surface area contributed by atoms with E-state index < -0.39 is 20.7 Å². The topological polar surface area (TPSA) is 72.2 Å². The van der Waals surface area contributed by atoms with Crippen molar-refractivity contribution in [2.75, 3.05) is 10.5 Å². The van der Waals surface area contributed by atoms with Crippen LogP contribution in [0.2, 0.25) is 5.02 Å². The summed E-state index contributed by atoms with van der Waals surface area (Å²) in [4.78, 5) is -0.508. The van der Waals surface area contributed by atoms with Crippen LogP contribution in [0.4, 0.5) is 15.8 Å². The first kappa shape index (κ1) is 14.6. The zero-order valence-electron chi connectivity index (χ0n) is 10.5. The summed E-state index contributed by atoms with van der Waals surface area (Å²) in [7, 11) is -4.07. The lowest BCUT2D eigenvalue weighted by molar-refractivity contribution is 0.570. The van der Waals surface area contributed by atoms with Crippen LogP contribution >= 0.6 is 11.6 Å². The highest BCUT2D eigenvalue weighted by Crippen LogP contribution is 2.26. The summed E-state index contributed by atoms with van der Waals surface area (Å²) in [6.07, 6.45) is 0. The van der Waals surface area contributed by atoms with Crippen molar-refractivity contribution in [2.45, 2.75) is 11.8 Å². The van der Waals surface area contributed by atoms with E-state index in [9.17, 15) is 12.8 Å². The lowest BCUT2D eigenvalue weighted by Gasteiger charge is -2.12. The largest absolute Gasteiger partial charge is 0.398 e. The Bertz CT molecular complexity index is 763. The Kier molecular flexibility index (Phi) is 3.87. The van der Waals surface area contributed by atoms with Crippen LogP contribution in [0.15, 0.2) is 41.3 Å². The lowest BCUT2D eigenvalue weighted by atomic mass is 10.2. The zero-order valence-corrected chi connectivity index (χ0v) is 12.1. The minimum atomic E-state index is -4.07. The summed E-state index contributed by atoms with van der Waals surface area (Å²) >= 11 is 5.59. The van der Waals surface area contributed by atoms with Crippen molar-refractivity contribution in [2.24, 2.45) is 0 Å². The molecule has 2 rings (SSSR count). The number of nitrogen functional groups attached to an aromatic ring is 1. The summed E-state index contributed by atoms with van der Waals surface area (Å²) in [6, 6.07) is 8.59. The minimum Gasteiger partial charge on any atom is -0.398 e. The number of sulfonamides is 1. The van der Waals surface area contributed by atoms with Gasteiger partial charge in [-0.2, -0.15) is 0 Å². The maximum atomic E-state index is 13.8. The van der Waals surface area contributed by atoms with Gasteiger partial charge in [-0.1, -0.05) is 23.7 Å². The molecule has 106 valence electrons. The van der Waals surface area contributed by atoms with Gasteiger partial charge in [0.15, 0.2) is 5.82 Å². The highest BCUT2D eigenvalue weighted by atomic mass is 35.5. The monoisotopic (exact) mass is 314 g/mol. The number of hydrogen-bond acceptors (Lipinski definition) is 3. The predicted octanol–water partition coefficient (Wildman–Crippen LogP) is 3.17. The molecule has 0 fully saturated rings. The molecular weight excluding hydrogens is 303 g/mol. The van der Waals surface area contributed by atoms with E-state index in [4.69, 9.17) is 17.3 Å². The average molecular weight is 315 g/mol. The molecule has 2 aromatic rings. The van der Waals surface area contributed by atoms with Gasteiger partial charge in [-0.25, -0.2) is 12.8 Å². The van der Waals surface area contributed by atoms with Gasteiger partial charge >= 0.3 is 0 Å². The fourth-order valence-electron chi connectivity index (χ4n) is 1.66. The molecule has 4 nitrogen and oxygen atoms in total. The Morgan fingerprint density at radius 1 is 1.20 bits per heavy atom. The molecule has 0 saturated carbocycles. The fraction of sp³-hybridized carbons (Fsp3) is 0.0769. The third kappa shape index (κ3) is 2.71. The van der Waals surface area contributed by atoms with Crippen molar-refractivity contribution in [3.63, 3.8) is 0 Å². The van der Waals surface area contributed by atoms with E-state index in [-0.39, 0.29) is 5.02 Å². The van der Waals surface area contributed by atoms with Gasteiger partial charge in [0.05, 0.1) is 10.7 Å². The Balaban J connectivity index is 2.47. The van der Waals surface area contributed by atoms with Crippen LogP contribution in [0.25, 0.3) is 0 Å². The first-order valence-corrected chi connectivity index (χ1v) is 7.51. The van der Waals surface area contributed by atoms with Crippen molar-refractivity contribution in [3.8, 4) is 0 Å². The molecule has 0 aliphatic rings. The molecule has 0 spiro atoms. The van der Waals surface area contributed by atoms with Gasteiger partial charge in [-0.05, 0) is 36.8 Å². The first-order chi connectivity index (χ1) is 9.33. The normalized spacial score (nSPS) is 11.3. The van der Waals surface area contributed by atoms with E-state index in [2.05, 4.69) is 4.72 Å².